The van der Waals surface area contributed by atoms with Gasteiger partial charge in [-0.2, -0.15) is 0 Å². The van der Waals surface area contributed by atoms with Gasteiger partial charge in [0.2, 0.25) is 0 Å². The fourth-order valence-electron chi connectivity index (χ4n) is 3.20. The molecule has 5 heteroatoms. The second kappa shape index (κ2) is 5.45. The Bertz CT molecular complexity index is 583. The molecule has 1 saturated carbocycles. The molecule has 0 aliphatic heterocycles. The van der Waals surface area contributed by atoms with E-state index in [0.29, 0.717) is 18.4 Å². The summed E-state index contributed by atoms with van der Waals surface area (Å²) in [6.45, 7) is 1.81. The minimum Gasteiger partial charge on any atom is -0.321 e. The number of rotatable bonds is 3. The standard InChI is InChI=1S/C15H22FNO2S/c1-15(17,13-8-3-4-9-14(13)16)11-6-5-7-12(10-11)20(2,18)19/h3-4,8-9,11-12H,5-7,10,17H2,1-2H3. The summed E-state index contributed by atoms with van der Waals surface area (Å²) in [5, 5.41) is -0.351. The first-order valence-electron chi connectivity index (χ1n) is 6.95. The molecule has 2 rings (SSSR count). The SMILES string of the molecule is CC(N)(c1ccccc1F)C1CCCC(S(C)(=O)=O)C1. The van der Waals surface area contributed by atoms with E-state index in [0.717, 1.165) is 12.8 Å². The number of benzene rings is 1. The van der Waals surface area contributed by atoms with E-state index in [4.69, 9.17) is 5.73 Å². The number of nitrogens with two attached hydrogens (primary N) is 1. The third-order valence-electron chi connectivity index (χ3n) is 4.53. The van der Waals surface area contributed by atoms with Gasteiger partial charge in [-0.15, -0.1) is 0 Å². The van der Waals surface area contributed by atoms with Crippen LogP contribution < -0.4 is 5.73 Å². The lowest BCUT2D eigenvalue weighted by Gasteiger charge is -2.39. The molecule has 1 aliphatic carbocycles. The fraction of sp³-hybridized carbons (Fsp3) is 0.600. The minimum absolute atomic E-state index is 0.0205. The van der Waals surface area contributed by atoms with E-state index in [-0.39, 0.29) is 17.0 Å². The summed E-state index contributed by atoms with van der Waals surface area (Å²) in [6, 6.07) is 6.49. The van der Waals surface area contributed by atoms with Crippen molar-refractivity contribution < 1.29 is 12.8 Å². The van der Waals surface area contributed by atoms with Crippen LogP contribution in [0.15, 0.2) is 24.3 Å². The molecule has 0 heterocycles. The number of halogens is 1. The summed E-state index contributed by atoms with van der Waals surface area (Å²) in [6.07, 6.45) is 4.14. The highest BCUT2D eigenvalue weighted by Crippen LogP contribution is 2.39. The van der Waals surface area contributed by atoms with E-state index >= 15 is 0 Å². The van der Waals surface area contributed by atoms with E-state index in [2.05, 4.69) is 0 Å². The third kappa shape index (κ3) is 3.04. The van der Waals surface area contributed by atoms with Gasteiger partial charge in [0.1, 0.15) is 15.7 Å². The number of hydrogen-bond acceptors (Lipinski definition) is 3. The minimum atomic E-state index is -3.06. The van der Waals surface area contributed by atoms with Crippen molar-refractivity contribution in [3.63, 3.8) is 0 Å². The molecule has 3 atom stereocenters. The Labute approximate surface area is 120 Å². The van der Waals surface area contributed by atoms with Crippen LogP contribution in [0.1, 0.15) is 38.2 Å². The van der Waals surface area contributed by atoms with Gasteiger partial charge < -0.3 is 5.73 Å². The average molecular weight is 299 g/mol. The molecule has 1 aromatic rings. The van der Waals surface area contributed by atoms with Crippen molar-refractivity contribution in [2.75, 3.05) is 6.26 Å². The lowest BCUT2D eigenvalue weighted by Crippen LogP contribution is -2.45. The van der Waals surface area contributed by atoms with E-state index in [1.165, 1.54) is 12.3 Å². The monoisotopic (exact) mass is 299 g/mol. The zero-order valence-electron chi connectivity index (χ0n) is 12.0. The summed E-state index contributed by atoms with van der Waals surface area (Å²) in [7, 11) is -3.06. The molecule has 1 fully saturated rings. The lowest BCUT2D eigenvalue weighted by molar-refractivity contribution is 0.220. The molecule has 20 heavy (non-hydrogen) atoms. The maximum absolute atomic E-state index is 14.0. The highest BCUT2D eigenvalue weighted by molar-refractivity contribution is 7.91. The summed E-state index contributed by atoms with van der Waals surface area (Å²) in [4.78, 5) is 0. The van der Waals surface area contributed by atoms with Crippen LogP contribution in [-0.2, 0) is 15.4 Å². The Kier molecular flexibility index (Phi) is 4.21. The van der Waals surface area contributed by atoms with E-state index in [1.807, 2.05) is 0 Å². The van der Waals surface area contributed by atoms with Crippen molar-refractivity contribution in [3.8, 4) is 0 Å². The molecule has 0 aromatic heterocycles. The topological polar surface area (TPSA) is 60.2 Å². The maximum atomic E-state index is 14.0. The summed E-state index contributed by atoms with van der Waals surface area (Å²) >= 11 is 0. The predicted octanol–water partition coefficient (Wildman–Crippen LogP) is 2.60. The summed E-state index contributed by atoms with van der Waals surface area (Å²) in [5.74, 6) is -0.341. The highest BCUT2D eigenvalue weighted by atomic mass is 32.2. The van der Waals surface area contributed by atoms with Crippen LogP contribution in [0.3, 0.4) is 0 Å². The van der Waals surface area contributed by atoms with Crippen molar-refractivity contribution in [3.05, 3.63) is 35.6 Å². The Morgan fingerprint density at radius 1 is 1.30 bits per heavy atom. The normalized spacial score (nSPS) is 27.0. The molecule has 0 radical (unpaired) electrons. The van der Waals surface area contributed by atoms with Gasteiger partial charge in [0.05, 0.1) is 5.25 Å². The van der Waals surface area contributed by atoms with Gasteiger partial charge in [-0.05, 0) is 38.2 Å². The van der Waals surface area contributed by atoms with Gasteiger partial charge in [-0.3, -0.25) is 0 Å². The van der Waals surface area contributed by atoms with Gasteiger partial charge in [-0.1, -0.05) is 24.6 Å². The first kappa shape index (κ1) is 15.4. The van der Waals surface area contributed by atoms with Crippen LogP contribution in [0, 0.1) is 11.7 Å². The molecule has 0 amide bonds. The molecule has 0 spiro atoms. The van der Waals surface area contributed by atoms with Crippen molar-refractivity contribution in [2.24, 2.45) is 11.7 Å². The number of sulfone groups is 1. The zero-order valence-corrected chi connectivity index (χ0v) is 12.8. The quantitative estimate of drug-likeness (QED) is 0.933. The molecule has 0 saturated heterocycles. The van der Waals surface area contributed by atoms with Gasteiger partial charge in [0.25, 0.3) is 0 Å². The average Bonchev–Trinajstić information content (AvgIpc) is 2.38. The predicted molar refractivity (Wildman–Crippen MR) is 78.5 cm³/mol. The van der Waals surface area contributed by atoms with Crippen LogP contribution >= 0.6 is 0 Å². The zero-order chi connectivity index (χ0) is 15.0. The largest absolute Gasteiger partial charge is 0.321 e. The number of hydrogen-bond donors (Lipinski definition) is 1. The molecule has 3 unspecified atom stereocenters. The van der Waals surface area contributed by atoms with Gasteiger partial charge in [-0.25, -0.2) is 12.8 Å². The van der Waals surface area contributed by atoms with Crippen LogP contribution in [0.4, 0.5) is 4.39 Å². The molecule has 1 aromatic carbocycles. The Morgan fingerprint density at radius 2 is 1.95 bits per heavy atom. The van der Waals surface area contributed by atoms with E-state index in [1.54, 1.807) is 25.1 Å². The molecule has 2 N–H and O–H groups in total. The highest BCUT2D eigenvalue weighted by Gasteiger charge is 2.39. The molecular formula is C15H22FNO2S. The Balaban J connectivity index is 2.28. The van der Waals surface area contributed by atoms with Gasteiger partial charge in [0, 0.05) is 17.4 Å². The van der Waals surface area contributed by atoms with Gasteiger partial charge >= 0.3 is 0 Å². The van der Waals surface area contributed by atoms with Crippen LogP contribution in [0.25, 0.3) is 0 Å². The van der Waals surface area contributed by atoms with Crippen molar-refractivity contribution in [1.82, 2.24) is 0 Å². The van der Waals surface area contributed by atoms with Gasteiger partial charge in [0.15, 0.2) is 0 Å². The molecule has 3 nitrogen and oxygen atoms in total. The van der Waals surface area contributed by atoms with E-state index < -0.39 is 15.4 Å². The first-order valence-corrected chi connectivity index (χ1v) is 8.91. The maximum Gasteiger partial charge on any atom is 0.150 e. The van der Waals surface area contributed by atoms with Crippen molar-refractivity contribution >= 4 is 9.84 Å². The molecule has 1 aliphatic rings. The van der Waals surface area contributed by atoms with Crippen LogP contribution in [0.5, 0.6) is 0 Å². The molecule has 112 valence electrons. The van der Waals surface area contributed by atoms with Crippen LogP contribution in [-0.4, -0.2) is 19.9 Å². The summed E-state index contributed by atoms with van der Waals surface area (Å²) in [5.41, 5.74) is 6.02. The summed E-state index contributed by atoms with van der Waals surface area (Å²) < 4.78 is 37.5. The van der Waals surface area contributed by atoms with Crippen LogP contribution in [0.2, 0.25) is 0 Å². The molecular weight excluding hydrogens is 277 g/mol. The third-order valence-corrected chi connectivity index (χ3v) is 6.17. The first-order chi connectivity index (χ1) is 9.23. The molecule has 0 bridgehead atoms. The Morgan fingerprint density at radius 3 is 2.55 bits per heavy atom. The Hall–Kier alpha value is -0.940. The fourth-order valence-corrected chi connectivity index (χ4v) is 4.37. The second-order valence-corrected chi connectivity index (χ2v) is 8.40. The van der Waals surface area contributed by atoms with E-state index in [9.17, 15) is 12.8 Å². The van der Waals surface area contributed by atoms with Crippen molar-refractivity contribution in [1.29, 1.82) is 0 Å². The smallest absolute Gasteiger partial charge is 0.150 e. The lowest BCUT2D eigenvalue weighted by atomic mass is 9.72. The van der Waals surface area contributed by atoms with Crippen molar-refractivity contribution in [2.45, 2.75) is 43.4 Å². The second-order valence-electron chi connectivity index (χ2n) is 6.08.